The van der Waals surface area contributed by atoms with Crippen molar-refractivity contribution in [3.8, 4) is 0 Å². The summed E-state index contributed by atoms with van der Waals surface area (Å²) in [5.41, 5.74) is 2.30. The lowest BCUT2D eigenvalue weighted by Crippen LogP contribution is -2.60. The fourth-order valence-corrected chi connectivity index (χ4v) is 15.6. The van der Waals surface area contributed by atoms with Gasteiger partial charge in [0.15, 0.2) is 23.1 Å². The molecule has 9 rings (SSSR count). The van der Waals surface area contributed by atoms with E-state index in [1.807, 2.05) is 0 Å². The number of para-hydroxylation sites is 2. The van der Waals surface area contributed by atoms with Crippen LogP contribution in [0, 0.1) is 35.5 Å². The Kier molecular flexibility index (Phi) is 35.6. The fourth-order valence-electron chi connectivity index (χ4n) is 15.6. The van der Waals surface area contributed by atoms with E-state index in [9.17, 15) is 62.4 Å². The topological polar surface area (TPSA) is 468 Å². The van der Waals surface area contributed by atoms with Gasteiger partial charge in [0, 0.05) is 111 Å². The number of aromatic nitrogens is 2. The molecule has 16 atom stereocenters. The lowest BCUT2D eigenvalue weighted by Gasteiger charge is -2.34. The van der Waals surface area contributed by atoms with Gasteiger partial charge in [-0.1, -0.05) is 174 Å². The third-order valence-electron chi connectivity index (χ3n) is 23.6. The standard InChI is InChI=1S/C95H112F3N11O19/c1-9-53(4)82-93(126)109(8)76(41-57-24-13-10-14-25-57)90(123)108-85(60-28-17-12-18-29-60)92(125)102-73(43-62-49-99-71-33-21-19-31-67(62)71)77(114)35-23-30-66(113)42-61(40-58-36-38-65(39-37-58)95(96,97)98)86(119)107-84(59-26-15-11-16-27-59)91(124)103-74(79(116)46-69(52(2)3)87(120)106-83(56(7)112)80(117)45-64(51-110)94(127)128)48-81(118)101-54(5)78(115)47-70(55(6)111)88(121)104-75(89(122)105-82)44-63-50-100-72-34-22-20-32-68(63)72/h10-22,24-29,31-34,36-39,49-50,52-56,61,64,69-70,73-76,82-85,99-100,110-112H,9,23,30,35,40-48,51H2,1-8H3,(H,101,118)(H,102,125)(H,103,124)(H,104,121)(H,105,122)(H,106,120)(H,107,119)(H,108,123)(H,127,128)/t53-,54-,55+,56+,61+,64-,69-,70-,73-,74-,75-,76-,82-,83-,84-,85-/m0/s1. The number of aliphatic carboxylic acids is 1. The zero-order valence-corrected chi connectivity index (χ0v) is 72.5. The largest absolute Gasteiger partial charge is 0.481 e. The van der Waals surface area contributed by atoms with Crippen molar-refractivity contribution in [1.29, 1.82) is 0 Å². The number of H-pyrrole nitrogens is 2. The number of benzene rings is 6. The summed E-state index contributed by atoms with van der Waals surface area (Å²) >= 11 is 0. The van der Waals surface area contributed by atoms with Gasteiger partial charge in [-0.15, -0.1) is 0 Å². The van der Waals surface area contributed by atoms with Gasteiger partial charge in [-0.3, -0.25) is 71.9 Å². The van der Waals surface area contributed by atoms with Gasteiger partial charge in [-0.05, 0) is 103 Å². The highest BCUT2D eigenvalue weighted by Gasteiger charge is 2.43. The minimum atomic E-state index is -4.80. The predicted octanol–water partition coefficient (Wildman–Crippen LogP) is 7.39. The number of carbonyl (C=O) groups excluding carboxylic acids is 14. The van der Waals surface area contributed by atoms with Crippen LogP contribution in [0.3, 0.4) is 0 Å². The fraction of sp³-hybridized carbons (Fsp3) is 0.421. The smallest absolute Gasteiger partial charge is 0.416 e. The summed E-state index contributed by atoms with van der Waals surface area (Å²) in [6.07, 6.45) is -11.0. The summed E-state index contributed by atoms with van der Waals surface area (Å²) in [6, 6.07) is 27.1. The van der Waals surface area contributed by atoms with E-state index in [-0.39, 0.29) is 48.8 Å². The molecule has 682 valence electrons. The molecular formula is C95H112F3N11O19. The van der Waals surface area contributed by atoms with E-state index in [4.69, 9.17) is 0 Å². The van der Waals surface area contributed by atoms with Gasteiger partial charge in [0.1, 0.15) is 42.0 Å². The molecule has 0 radical (unpaired) electrons. The maximum Gasteiger partial charge on any atom is 0.416 e. The van der Waals surface area contributed by atoms with E-state index >= 15 is 43.2 Å². The van der Waals surface area contributed by atoms with Crippen molar-refractivity contribution in [2.75, 3.05) is 13.7 Å². The number of carboxylic acids is 1. The first kappa shape index (κ1) is 98.9. The summed E-state index contributed by atoms with van der Waals surface area (Å²) in [5.74, 6) is -22.7. The second kappa shape index (κ2) is 46.0. The van der Waals surface area contributed by atoms with Crippen LogP contribution < -0.4 is 42.5 Å². The molecule has 1 saturated heterocycles. The number of aromatic amines is 2. The molecule has 0 saturated carbocycles. The number of halogens is 3. The van der Waals surface area contributed by atoms with Crippen LogP contribution in [0.5, 0.6) is 0 Å². The van der Waals surface area contributed by atoms with Gasteiger partial charge < -0.3 is 77.8 Å². The number of ketones is 5. The lowest BCUT2D eigenvalue weighted by atomic mass is 9.86. The first-order chi connectivity index (χ1) is 60.8. The molecule has 0 bridgehead atoms. The summed E-state index contributed by atoms with van der Waals surface area (Å²) in [4.78, 5) is 230. The molecule has 0 spiro atoms. The van der Waals surface area contributed by atoms with Crippen molar-refractivity contribution in [3.63, 3.8) is 0 Å². The van der Waals surface area contributed by atoms with Gasteiger partial charge in [-0.25, -0.2) is 0 Å². The maximum absolute atomic E-state index is 15.7. The lowest BCUT2D eigenvalue weighted by molar-refractivity contribution is -0.146. The molecule has 14 N–H and O–H groups in total. The van der Waals surface area contributed by atoms with Gasteiger partial charge in [-0.2, -0.15) is 13.2 Å². The Bertz CT molecular complexity index is 5260. The van der Waals surface area contributed by atoms with Crippen LogP contribution in [-0.2, 0) is 104 Å². The van der Waals surface area contributed by atoms with E-state index < -0.39 is 260 Å². The van der Waals surface area contributed by atoms with E-state index in [1.54, 1.807) is 142 Å². The molecule has 3 heterocycles. The molecule has 0 unspecified atom stereocenters. The Hall–Kier alpha value is -12.9. The number of fused-ring (bicyclic) bond motifs is 2. The van der Waals surface area contributed by atoms with Crippen molar-refractivity contribution >= 4 is 110 Å². The number of likely N-dealkylation sites (N-methyl/N-ethyl adjacent to an activating group) is 1. The maximum atomic E-state index is 15.7. The normalized spacial score (nSPS) is 22.4. The van der Waals surface area contributed by atoms with E-state index in [2.05, 4.69) is 52.5 Å². The van der Waals surface area contributed by atoms with Gasteiger partial charge >= 0.3 is 12.1 Å². The first-order valence-corrected chi connectivity index (χ1v) is 42.8. The van der Waals surface area contributed by atoms with Gasteiger partial charge in [0.2, 0.25) is 53.2 Å². The molecule has 1 fully saturated rings. The highest BCUT2D eigenvalue weighted by atomic mass is 19.4. The number of hydrogen-bond acceptors (Lipinski definition) is 18. The van der Waals surface area contributed by atoms with Crippen molar-refractivity contribution < 1.29 is 106 Å². The number of amides is 9. The number of aliphatic hydroxyl groups is 3. The third-order valence-corrected chi connectivity index (χ3v) is 23.6. The number of rotatable bonds is 25. The van der Waals surface area contributed by atoms with Crippen LogP contribution in [-0.4, -0.2) is 191 Å². The Morgan fingerprint density at radius 2 is 1.07 bits per heavy atom. The summed E-state index contributed by atoms with van der Waals surface area (Å²) in [6.45, 7) is 8.97. The molecule has 1 aliphatic heterocycles. The highest BCUT2D eigenvalue weighted by Crippen LogP contribution is 2.32. The number of nitrogens with zero attached hydrogens (tertiary/aromatic N) is 1. The monoisotopic (exact) mass is 1770 g/mol. The Morgan fingerprint density at radius 3 is 1.60 bits per heavy atom. The molecule has 8 aromatic rings. The van der Waals surface area contributed by atoms with Gasteiger partial charge in [0.25, 0.3) is 0 Å². The van der Waals surface area contributed by atoms with E-state index in [1.165, 1.54) is 59.0 Å². The number of alkyl halides is 3. The van der Waals surface area contributed by atoms with Crippen LogP contribution in [0.4, 0.5) is 13.2 Å². The molecule has 1 aliphatic rings. The first-order valence-electron chi connectivity index (χ1n) is 42.8. The molecule has 2 aromatic heterocycles. The average molecular weight is 1770 g/mol. The van der Waals surface area contributed by atoms with Crippen molar-refractivity contribution in [1.82, 2.24) is 57.4 Å². The van der Waals surface area contributed by atoms with Crippen molar-refractivity contribution in [2.24, 2.45) is 35.5 Å². The zero-order chi connectivity index (χ0) is 93.4. The van der Waals surface area contributed by atoms with Crippen LogP contribution in [0.1, 0.15) is 157 Å². The van der Waals surface area contributed by atoms with Crippen molar-refractivity contribution in [2.45, 2.75) is 205 Å². The van der Waals surface area contributed by atoms with Crippen LogP contribution >= 0.6 is 0 Å². The molecule has 128 heavy (non-hydrogen) atoms. The van der Waals surface area contributed by atoms with Crippen LogP contribution in [0.25, 0.3) is 21.8 Å². The summed E-state index contributed by atoms with van der Waals surface area (Å²) in [5, 5.41) is 64.3. The van der Waals surface area contributed by atoms with Gasteiger partial charge in [0.05, 0.1) is 60.8 Å². The number of Topliss-reactive ketones (excluding diaryl/α,β-unsaturated/α-hetero) is 5. The van der Waals surface area contributed by atoms with Crippen LogP contribution in [0.2, 0.25) is 0 Å². The Morgan fingerprint density at radius 1 is 0.547 bits per heavy atom. The number of carboxylic acid groups (broad SMARTS) is 1. The predicted molar refractivity (Wildman–Crippen MR) is 466 cm³/mol. The zero-order valence-electron chi connectivity index (χ0n) is 72.5. The highest BCUT2D eigenvalue weighted by molar-refractivity contribution is 6.02. The second-order valence-electron chi connectivity index (χ2n) is 33.3. The Balaban J connectivity index is 1.13. The molecule has 6 aromatic carbocycles. The Labute approximate surface area is 738 Å². The van der Waals surface area contributed by atoms with E-state index in [0.717, 1.165) is 36.1 Å². The SMILES string of the molecule is CC[C@H](C)[C@@H]1NC(=O)[C@H](Cc2c[nH]c3ccccc23)NC(=O)[C@H]([C@@H](C)O)CC(=O)[C@H](C)NC(=O)C[C@@H](C(=O)C[C@H](C(=O)N[C@H](C(=O)C[C@@H](CO)C(=O)O)[C@@H](C)O)C(C)C)NC(=O)[C@H](c2ccccc2)NC(=O)[C@H](Cc2ccc(C(F)(F)F)cc2)CC(=O)CCCC(=O)[C@H](Cc2c[nH]c3ccccc23)NC(=O)[C@H](c2ccccc2)NC(=O)[C@H](Cc2ccccc2)N(C)C1=O. The minimum Gasteiger partial charge on any atom is -0.481 e. The number of carbonyl (C=O) groups is 15. The molecule has 9 amide bonds. The average Bonchev–Trinajstić information content (AvgIpc) is 1.66. The molecule has 0 aliphatic carbocycles. The summed E-state index contributed by atoms with van der Waals surface area (Å²) < 4.78 is 42.2. The molecule has 33 heteroatoms. The van der Waals surface area contributed by atoms with Crippen LogP contribution in [0.15, 0.2) is 176 Å². The quantitative estimate of drug-likeness (QED) is 0.0265. The van der Waals surface area contributed by atoms with Crippen molar-refractivity contribution in [3.05, 3.63) is 215 Å². The molecular weight excluding hydrogens is 1660 g/mol. The minimum absolute atomic E-state index is 0.0169. The van der Waals surface area contributed by atoms with E-state index in [0.29, 0.717) is 38.5 Å². The number of aliphatic hydroxyl groups excluding tert-OH is 3. The third kappa shape index (κ3) is 27.1. The summed E-state index contributed by atoms with van der Waals surface area (Å²) in [7, 11) is 1.36. The number of nitrogens with one attached hydrogen (secondary N) is 10. The number of hydrogen-bond donors (Lipinski definition) is 14. The molecule has 30 nitrogen and oxygen atoms in total. The second-order valence-corrected chi connectivity index (χ2v) is 33.3.